The first-order valence-electron chi connectivity index (χ1n) is 4.93. The van der Waals surface area contributed by atoms with Gasteiger partial charge in [0.2, 0.25) is 5.88 Å². The largest absolute Gasteiger partial charge is 0.473 e. The zero-order valence-corrected chi connectivity index (χ0v) is 8.07. The Hall–Kier alpha value is -1.29. The van der Waals surface area contributed by atoms with E-state index in [9.17, 15) is 0 Å². The van der Waals surface area contributed by atoms with Gasteiger partial charge < -0.3 is 15.8 Å². The predicted molar refractivity (Wildman–Crippen MR) is 55.2 cm³/mol. The fourth-order valence-electron chi connectivity index (χ4n) is 1.55. The molecule has 0 amide bonds. The molecule has 4 heteroatoms. The van der Waals surface area contributed by atoms with E-state index in [4.69, 9.17) is 10.5 Å². The van der Waals surface area contributed by atoms with Gasteiger partial charge in [-0.3, -0.25) is 0 Å². The van der Waals surface area contributed by atoms with Gasteiger partial charge in [-0.25, -0.2) is 4.98 Å². The normalized spacial score (nSPS) is 21.9. The number of nitrogens with one attached hydrogen (secondary N) is 1. The number of hydrogen-bond donors (Lipinski definition) is 2. The fraction of sp³-hybridized carbons (Fsp3) is 0.500. The maximum atomic E-state index is 5.68. The highest BCUT2D eigenvalue weighted by Crippen LogP contribution is 2.13. The highest BCUT2D eigenvalue weighted by molar-refractivity contribution is 5.35. The van der Waals surface area contributed by atoms with E-state index in [2.05, 4.69) is 10.3 Å². The topological polar surface area (TPSA) is 60.2 Å². The molecule has 14 heavy (non-hydrogen) atoms. The van der Waals surface area contributed by atoms with Crippen molar-refractivity contribution >= 4 is 5.69 Å². The zero-order valence-electron chi connectivity index (χ0n) is 8.07. The van der Waals surface area contributed by atoms with Crippen LogP contribution in [0.1, 0.15) is 12.8 Å². The molecule has 1 atom stereocenters. The van der Waals surface area contributed by atoms with Crippen LogP contribution in [-0.2, 0) is 0 Å². The minimum absolute atomic E-state index is 0.250. The standard InChI is InChI=1S/C10H15N3O/c11-8-3-4-10(13-6-8)14-9-2-1-5-12-7-9/h3-4,6,9,12H,1-2,5,7,11H2/t9-/m0/s1. The summed E-state index contributed by atoms with van der Waals surface area (Å²) in [6.45, 7) is 2.00. The Kier molecular flexibility index (Phi) is 2.84. The maximum Gasteiger partial charge on any atom is 0.213 e. The minimum Gasteiger partial charge on any atom is -0.473 e. The molecule has 1 saturated heterocycles. The molecule has 1 aliphatic heterocycles. The van der Waals surface area contributed by atoms with E-state index in [0.29, 0.717) is 11.6 Å². The Morgan fingerprint density at radius 2 is 2.43 bits per heavy atom. The summed E-state index contributed by atoms with van der Waals surface area (Å²) in [6, 6.07) is 3.61. The Bertz CT molecular complexity index is 280. The van der Waals surface area contributed by atoms with Gasteiger partial charge in [-0.15, -0.1) is 0 Å². The number of nitrogens with two attached hydrogens (primary N) is 1. The Balaban J connectivity index is 1.92. The average molecular weight is 193 g/mol. The van der Waals surface area contributed by atoms with Gasteiger partial charge in [-0.2, -0.15) is 0 Å². The van der Waals surface area contributed by atoms with Gasteiger partial charge in [0.1, 0.15) is 6.10 Å². The molecule has 0 saturated carbocycles. The van der Waals surface area contributed by atoms with Crippen molar-refractivity contribution in [3.63, 3.8) is 0 Å². The van der Waals surface area contributed by atoms with E-state index in [-0.39, 0.29) is 6.10 Å². The third-order valence-corrected chi connectivity index (χ3v) is 2.30. The van der Waals surface area contributed by atoms with E-state index in [1.165, 1.54) is 6.42 Å². The Morgan fingerprint density at radius 3 is 3.07 bits per heavy atom. The van der Waals surface area contributed by atoms with E-state index in [0.717, 1.165) is 19.5 Å². The van der Waals surface area contributed by atoms with Gasteiger partial charge in [0, 0.05) is 12.6 Å². The van der Waals surface area contributed by atoms with Gasteiger partial charge in [0.15, 0.2) is 0 Å². The lowest BCUT2D eigenvalue weighted by Crippen LogP contribution is -2.37. The molecule has 2 rings (SSSR count). The Morgan fingerprint density at radius 1 is 1.50 bits per heavy atom. The third kappa shape index (κ3) is 2.35. The quantitative estimate of drug-likeness (QED) is 0.729. The van der Waals surface area contributed by atoms with Crippen LogP contribution in [0.2, 0.25) is 0 Å². The van der Waals surface area contributed by atoms with Crippen molar-refractivity contribution in [2.45, 2.75) is 18.9 Å². The molecule has 1 aromatic heterocycles. The van der Waals surface area contributed by atoms with Crippen LogP contribution < -0.4 is 15.8 Å². The molecule has 3 N–H and O–H groups in total. The first-order chi connectivity index (χ1) is 6.84. The molecule has 0 aromatic carbocycles. The summed E-state index contributed by atoms with van der Waals surface area (Å²) >= 11 is 0. The van der Waals surface area contributed by atoms with Crippen LogP contribution in [0.4, 0.5) is 5.69 Å². The van der Waals surface area contributed by atoms with E-state index < -0.39 is 0 Å². The molecule has 4 nitrogen and oxygen atoms in total. The number of piperidine rings is 1. The molecular formula is C10H15N3O. The number of hydrogen-bond acceptors (Lipinski definition) is 4. The van der Waals surface area contributed by atoms with Crippen molar-refractivity contribution in [3.8, 4) is 5.88 Å². The van der Waals surface area contributed by atoms with Crippen LogP contribution in [0.25, 0.3) is 0 Å². The van der Waals surface area contributed by atoms with Crippen LogP contribution in [0.15, 0.2) is 18.3 Å². The van der Waals surface area contributed by atoms with E-state index >= 15 is 0 Å². The number of anilines is 1. The molecule has 2 heterocycles. The molecule has 0 spiro atoms. The predicted octanol–water partition coefficient (Wildman–Crippen LogP) is 0.795. The van der Waals surface area contributed by atoms with Gasteiger partial charge >= 0.3 is 0 Å². The van der Waals surface area contributed by atoms with Gasteiger partial charge in [0.25, 0.3) is 0 Å². The molecule has 0 bridgehead atoms. The average Bonchev–Trinajstić information content (AvgIpc) is 2.23. The van der Waals surface area contributed by atoms with Crippen LogP contribution in [0, 0.1) is 0 Å². The van der Waals surface area contributed by atoms with E-state index in [1.54, 1.807) is 12.3 Å². The second-order valence-corrected chi connectivity index (χ2v) is 3.52. The van der Waals surface area contributed by atoms with Gasteiger partial charge in [-0.05, 0) is 25.5 Å². The summed E-state index contributed by atoms with van der Waals surface area (Å²) in [5, 5.41) is 3.29. The summed E-state index contributed by atoms with van der Waals surface area (Å²) in [5.74, 6) is 0.660. The number of nitrogens with zero attached hydrogens (tertiary/aromatic N) is 1. The fourth-order valence-corrected chi connectivity index (χ4v) is 1.55. The van der Waals surface area contributed by atoms with Gasteiger partial charge in [0.05, 0.1) is 11.9 Å². The number of aromatic nitrogens is 1. The molecule has 1 fully saturated rings. The van der Waals surface area contributed by atoms with Crippen LogP contribution in [0.3, 0.4) is 0 Å². The van der Waals surface area contributed by atoms with Crippen molar-refractivity contribution in [1.82, 2.24) is 10.3 Å². The lowest BCUT2D eigenvalue weighted by Gasteiger charge is -2.23. The van der Waals surface area contributed by atoms with Crippen molar-refractivity contribution in [3.05, 3.63) is 18.3 Å². The summed E-state index contributed by atoms with van der Waals surface area (Å²) in [5.41, 5.74) is 6.20. The molecule has 1 aromatic rings. The molecule has 0 unspecified atom stereocenters. The zero-order chi connectivity index (χ0) is 9.80. The van der Waals surface area contributed by atoms with Crippen LogP contribution in [-0.4, -0.2) is 24.2 Å². The first kappa shape index (κ1) is 9.27. The van der Waals surface area contributed by atoms with E-state index in [1.807, 2.05) is 6.07 Å². The molecule has 0 aliphatic carbocycles. The third-order valence-electron chi connectivity index (χ3n) is 2.30. The van der Waals surface area contributed by atoms with Crippen molar-refractivity contribution < 1.29 is 4.74 Å². The first-order valence-corrected chi connectivity index (χ1v) is 4.93. The van der Waals surface area contributed by atoms with Crippen molar-refractivity contribution in [2.75, 3.05) is 18.8 Å². The number of rotatable bonds is 2. The summed E-state index contributed by atoms with van der Waals surface area (Å²) in [6.07, 6.45) is 4.13. The molecule has 76 valence electrons. The second-order valence-electron chi connectivity index (χ2n) is 3.52. The molecule has 1 aliphatic rings. The molecule has 0 radical (unpaired) electrons. The smallest absolute Gasteiger partial charge is 0.213 e. The van der Waals surface area contributed by atoms with Crippen LogP contribution in [0.5, 0.6) is 5.88 Å². The van der Waals surface area contributed by atoms with Crippen molar-refractivity contribution in [2.24, 2.45) is 0 Å². The van der Waals surface area contributed by atoms with Gasteiger partial charge in [-0.1, -0.05) is 0 Å². The summed E-state index contributed by atoms with van der Waals surface area (Å²) < 4.78 is 5.68. The monoisotopic (exact) mass is 193 g/mol. The molecular weight excluding hydrogens is 178 g/mol. The second kappa shape index (κ2) is 4.28. The lowest BCUT2D eigenvalue weighted by atomic mass is 10.1. The number of nitrogen functional groups attached to an aromatic ring is 1. The highest BCUT2D eigenvalue weighted by atomic mass is 16.5. The minimum atomic E-state index is 0.250. The summed E-state index contributed by atoms with van der Waals surface area (Å²) in [4.78, 5) is 4.10. The number of pyridine rings is 1. The lowest BCUT2D eigenvalue weighted by molar-refractivity contribution is 0.160. The van der Waals surface area contributed by atoms with Crippen molar-refractivity contribution in [1.29, 1.82) is 0 Å². The Labute approximate surface area is 83.5 Å². The number of ether oxygens (including phenoxy) is 1. The highest BCUT2D eigenvalue weighted by Gasteiger charge is 2.14. The SMILES string of the molecule is Nc1ccc(O[C@H]2CCCNC2)nc1. The maximum absolute atomic E-state index is 5.68. The van der Waals surface area contributed by atoms with Crippen LogP contribution >= 0.6 is 0 Å². The summed E-state index contributed by atoms with van der Waals surface area (Å²) in [7, 11) is 0.